The Morgan fingerprint density at radius 3 is 2.61 bits per heavy atom. The summed E-state index contributed by atoms with van der Waals surface area (Å²) in [4.78, 5) is 0. The van der Waals surface area contributed by atoms with Crippen LogP contribution in [-0.4, -0.2) is 19.2 Å². The molecule has 2 heterocycles. The molecule has 2 nitrogen and oxygen atoms in total. The summed E-state index contributed by atoms with van der Waals surface area (Å²) in [5, 5.41) is 3.99. The fraction of sp³-hybridized carbons (Fsp3) is 0.571. The van der Waals surface area contributed by atoms with E-state index in [0.717, 1.165) is 12.8 Å². The van der Waals surface area contributed by atoms with Crippen molar-refractivity contribution >= 4 is 11.6 Å². The Kier molecular flexibility index (Phi) is 2.99. The lowest BCUT2D eigenvalue weighted by Crippen LogP contribution is -2.44. The number of piperidine rings is 1. The molecule has 0 amide bonds. The average molecular weight is 270 g/mol. The molecule has 2 unspecified atom stereocenters. The highest BCUT2D eigenvalue weighted by Crippen LogP contribution is 2.45. The molecule has 1 N–H and O–H groups in total. The Labute approximate surface area is 111 Å². The number of methoxy groups -OCH3 is 1. The van der Waals surface area contributed by atoms with Crippen LogP contribution >= 0.6 is 11.6 Å². The molecule has 98 valence electrons. The normalized spacial score (nSPS) is 34.6. The van der Waals surface area contributed by atoms with Gasteiger partial charge in [0.1, 0.15) is 11.4 Å². The number of fused-ring (bicyclic) bond motifs is 2. The first-order valence-corrected chi connectivity index (χ1v) is 6.77. The van der Waals surface area contributed by atoms with Gasteiger partial charge in [0.25, 0.3) is 0 Å². The summed E-state index contributed by atoms with van der Waals surface area (Å²) < 4.78 is 20.3. The molecule has 2 saturated heterocycles. The van der Waals surface area contributed by atoms with Gasteiger partial charge in [-0.05, 0) is 30.5 Å². The van der Waals surface area contributed by atoms with E-state index in [1.807, 2.05) is 0 Å². The van der Waals surface area contributed by atoms with Crippen LogP contribution in [0.3, 0.4) is 0 Å². The molecule has 1 aromatic rings. The highest BCUT2D eigenvalue weighted by molar-refractivity contribution is 6.32. The molecule has 2 aliphatic heterocycles. The second-order valence-electron chi connectivity index (χ2n) is 5.36. The molecule has 18 heavy (non-hydrogen) atoms. The lowest BCUT2D eigenvalue weighted by atomic mass is 9.83. The number of benzene rings is 1. The van der Waals surface area contributed by atoms with E-state index in [9.17, 15) is 0 Å². The number of halogens is 2. The van der Waals surface area contributed by atoms with E-state index in [-0.39, 0.29) is 0 Å². The van der Waals surface area contributed by atoms with Crippen LogP contribution in [0.25, 0.3) is 0 Å². The van der Waals surface area contributed by atoms with Crippen molar-refractivity contribution in [3.05, 3.63) is 28.8 Å². The first kappa shape index (κ1) is 12.2. The van der Waals surface area contributed by atoms with Gasteiger partial charge in [0.05, 0.1) is 12.1 Å². The van der Waals surface area contributed by atoms with Gasteiger partial charge in [0.2, 0.25) is 0 Å². The van der Waals surface area contributed by atoms with E-state index in [1.54, 1.807) is 25.3 Å². The van der Waals surface area contributed by atoms with Crippen LogP contribution in [0.15, 0.2) is 18.2 Å². The van der Waals surface area contributed by atoms with Gasteiger partial charge in [-0.1, -0.05) is 17.7 Å². The molecule has 2 bridgehead atoms. The Balaban J connectivity index is 1.93. The minimum Gasteiger partial charge on any atom is -0.495 e. The fourth-order valence-electron chi connectivity index (χ4n) is 3.26. The lowest BCUT2D eigenvalue weighted by Gasteiger charge is -2.35. The second-order valence-corrected chi connectivity index (χ2v) is 5.77. The zero-order chi connectivity index (χ0) is 12.8. The largest absolute Gasteiger partial charge is 0.495 e. The van der Waals surface area contributed by atoms with E-state index in [1.165, 1.54) is 0 Å². The van der Waals surface area contributed by atoms with Gasteiger partial charge < -0.3 is 10.1 Å². The number of hydrogen-bond donors (Lipinski definition) is 1. The van der Waals surface area contributed by atoms with E-state index >= 15 is 4.39 Å². The van der Waals surface area contributed by atoms with Gasteiger partial charge in [-0.3, -0.25) is 0 Å². The summed E-state index contributed by atoms with van der Waals surface area (Å²) in [6, 6.07) is 5.88. The van der Waals surface area contributed by atoms with E-state index in [4.69, 9.17) is 16.3 Å². The van der Waals surface area contributed by atoms with Gasteiger partial charge in [-0.15, -0.1) is 0 Å². The summed E-state index contributed by atoms with van der Waals surface area (Å²) in [6.07, 6.45) is 3.27. The van der Waals surface area contributed by atoms with E-state index in [0.29, 0.717) is 41.3 Å². The maximum absolute atomic E-state index is 15.2. The minimum absolute atomic E-state index is 0.315. The van der Waals surface area contributed by atoms with Crippen molar-refractivity contribution in [3.8, 4) is 5.75 Å². The molecular weight excluding hydrogens is 253 g/mol. The predicted octanol–water partition coefficient (Wildman–Crippen LogP) is 3.43. The molecule has 0 aliphatic carbocycles. The lowest BCUT2D eigenvalue weighted by molar-refractivity contribution is 0.0871. The number of hydrogen-bond acceptors (Lipinski definition) is 2. The maximum Gasteiger partial charge on any atom is 0.139 e. The smallest absolute Gasteiger partial charge is 0.139 e. The van der Waals surface area contributed by atoms with Gasteiger partial charge >= 0.3 is 0 Å². The highest BCUT2D eigenvalue weighted by atomic mass is 35.5. The van der Waals surface area contributed by atoms with E-state index < -0.39 is 5.67 Å². The highest BCUT2D eigenvalue weighted by Gasteiger charge is 2.45. The molecule has 3 rings (SSSR count). The molecule has 2 atom stereocenters. The summed E-state index contributed by atoms with van der Waals surface area (Å²) >= 11 is 5.99. The van der Waals surface area contributed by atoms with Crippen LogP contribution in [-0.2, 0) is 5.67 Å². The van der Waals surface area contributed by atoms with Crippen LogP contribution < -0.4 is 10.1 Å². The zero-order valence-electron chi connectivity index (χ0n) is 10.4. The average Bonchev–Trinajstić information content (AvgIpc) is 2.69. The van der Waals surface area contributed by atoms with Gasteiger partial charge in [0, 0.05) is 24.9 Å². The van der Waals surface area contributed by atoms with Crippen molar-refractivity contribution in [2.75, 3.05) is 7.11 Å². The van der Waals surface area contributed by atoms with Crippen molar-refractivity contribution in [2.45, 2.75) is 43.4 Å². The van der Waals surface area contributed by atoms with Crippen molar-refractivity contribution in [1.82, 2.24) is 5.32 Å². The third kappa shape index (κ3) is 1.99. The Morgan fingerprint density at radius 1 is 1.33 bits per heavy atom. The van der Waals surface area contributed by atoms with Gasteiger partial charge in [0.15, 0.2) is 0 Å². The fourth-order valence-corrected chi connectivity index (χ4v) is 3.46. The number of rotatable bonds is 2. The third-order valence-corrected chi connectivity index (χ3v) is 4.46. The predicted molar refractivity (Wildman–Crippen MR) is 70.0 cm³/mol. The van der Waals surface area contributed by atoms with Crippen LogP contribution in [0.5, 0.6) is 5.75 Å². The topological polar surface area (TPSA) is 21.3 Å². The van der Waals surface area contributed by atoms with Crippen LogP contribution in [0.4, 0.5) is 4.39 Å². The van der Waals surface area contributed by atoms with Crippen molar-refractivity contribution in [3.63, 3.8) is 0 Å². The SMILES string of the molecule is COc1cc(C2(F)CC3CCC(C2)N3)ccc1Cl. The summed E-state index contributed by atoms with van der Waals surface area (Å²) in [5.41, 5.74) is -0.545. The number of nitrogens with one attached hydrogen (secondary N) is 1. The molecule has 0 radical (unpaired) electrons. The third-order valence-electron chi connectivity index (χ3n) is 4.14. The standard InChI is InChI=1S/C14H17ClFNO/c1-18-13-6-9(2-5-12(13)15)14(16)7-10-3-4-11(8-14)17-10/h2,5-6,10-11,17H,3-4,7-8H2,1H3. The maximum atomic E-state index is 15.2. The number of ether oxygens (including phenoxy) is 1. The first-order chi connectivity index (χ1) is 8.60. The van der Waals surface area contributed by atoms with Crippen LogP contribution in [0.2, 0.25) is 5.02 Å². The minimum atomic E-state index is -1.24. The van der Waals surface area contributed by atoms with E-state index in [2.05, 4.69) is 5.32 Å². The molecule has 0 aromatic heterocycles. The van der Waals surface area contributed by atoms with Crippen molar-refractivity contribution in [2.24, 2.45) is 0 Å². The quantitative estimate of drug-likeness (QED) is 0.888. The summed E-state index contributed by atoms with van der Waals surface area (Å²) in [7, 11) is 1.56. The Morgan fingerprint density at radius 2 is 2.00 bits per heavy atom. The van der Waals surface area contributed by atoms with Crippen molar-refractivity contribution < 1.29 is 9.13 Å². The molecule has 0 saturated carbocycles. The number of alkyl halides is 1. The molecule has 2 fully saturated rings. The first-order valence-electron chi connectivity index (χ1n) is 6.40. The summed E-state index contributed by atoms with van der Waals surface area (Å²) in [5.74, 6) is 0.553. The monoisotopic (exact) mass is 269 g/mol. The van der Waals surface area contributed by atoms with Gasteiger partial charge in [-0.25, -0.2) is 4.39 Å². The molecule has 1 aromatic carbocycles. The Bertz CT molecular complexity index is 453. The molecule has 4 heteroatoms. The zero-order valence-corrected chi connectivity index (χ0v) is 11.1. The van der Waals surface area contributed by atoms with Crippen molar-refractivity contribution in [1.29, 1.82) is 0 Å². The van der Waals surface area contributed by atoms with Gasteiger partial charge in [-0.2, -0.15) is 0 Å². The molecule has 0 spiro atoms. The van der Waals surface area contributed by atoms with Crippen LogP contribution in [0.1, 0.15) is 31.2 Å². The Hall–Kier alpha value is -0.800. The second kappa shape index (κ2) is 4.39. The summed E-state index contributed by atoms with van der Waals surface area (Å²) in [6.45, 7) is 0. The molecule has 2 aliphatic rings. The molecular formula is C14H17ClFNO. The van der Waals surface area contributed by atoms with Crippen LogP contribution in [0, 0.1) is 0 Å².